The first-order valence-electron chi connectivity index (χ1n) is 9.12. The standard InChI is InChI=1S/C23H18N2O4/c1-27-23-10-17(8-9-25-23)21-12-20(26)19-7-6-18(11-22(19)29-21)28-14-16-4-2-15(13-24)3-5-16/h2-11,21H,12,14H2,1H3. The quantitative estimate of drug-likeness (QED) is 0.652. The molecule has 6 nitrogen and oxygen atoms in total. The predicted molar refractivity (Wildman–Crippen MR) is 105 cm³/mol. The van der Waals surface area contributed by atoms with E-state index in [1.165, 1.54) is 0 Å². The van der Waals surface area contributed by atoms with Crippen molar-refractivity contribution in [3.8, 4) is 23.4 Å². The number of ether oxygens (including phenoxy) is 3. The Kier molecular flexibility index (Phi) is 5.12. The van der Waals surface area contributed by atoms with Gasteiger partial charge in [0.15, 0.2) is 5.78 Å². The van der Waals surface area contributed by atoms with Crippen molar-refractivity contribution in [2.75, 3.05) is 7.11 Å². The second kappa shape index (κ2) is 8.03. The Hall–Kier alpha value is -3.85. The molecule has 1 aliphatic rings. The average molecular weight is 386 g/mol. The minimum atomic E-state index is -0.402. The first kappa shape index (κ1) is 18.5. The van der Waals surface area contributed by atoms with Gasteiger partial charge in [-0.05, 0) is 41.5 Å². The Morgan fingerprint density at radius 2 is 2.00 bits per heavy atom. The van der Waals surface area contributed by atoms with E-state index in [9.17, 15) is 4.79 Å². The van der Waals surface area contributed by atoms with Crippen LogP contribution in [-0.2, 0) is 6.61 Å². The van der Waals surface area contributed by atoms with Gasteiger partial charge in [-0.25, -0.2) is 4.98 Å². The van der Waals surface area contributed by atoms with E-state index in [1.807, 2.05) is 18.2 Å². The third kappa shape index (κ3) is 4.04. The maximum Gasteiger partial charge on any atom is 0.213 e. The summed E-state index contributed by atoms with van der Waals surface area (Å²) in [6.45, 7) is 0.351. The normalized spacial score (nSPS) is 15.0. The summed E-state index contributed by atoms with van der Waals surface area (Å²) in [5, 5.41) is 8.87. The molecule has 0 aliphatic carbocycles. The van der Waals surface area contributed by atoms with Crippen molar-refractivity contribution in [2.24, 2.45) is 0 Å². The zero-order chi connectivity index (χ0) is 20.2. The second-order valence-corrected chi connectivity index (χ2v) is 6.62. The molecule has 0 spiro atoms. The Balaban J connectivity index is 1.51. The van der Waals surface area contributed by atoms with Crippen LogP contribution in [0.4, 0.5) is 0 Å². The number of hydrogen-bond donors (Lipinski definition) is 0. The summed E-state index contributed by atoms with van der Waals surface area (Å²) < 4.78 is 17.1. The lowest BCUT2D eigenvalue weighted by Gasteiger charge is -2.26. The molecule has 0 fully saturated rings. The number of nitriles is 1. The van der Waals surface area contributed by atoms with E-state index in [4.69, 9.17) is 19.5 Å². The summed E-state index contributed by atoms with van der Waals surface area (Å²) in [5.74, 6) is 1.60. The minimum absolute atomic E-state index is 0.0191. The predicted octanol–water partition coefficient (Wildman–Crippen LogP) is 4.25. The van der Waals surface area contributed by atoms with E-state index in [-0.39, 0.29) is 12.2 Å². The first-order chi connectivity index (χ1) is 14.2. The number of hydrogen-bond acceptors (Lipinski definition) is 6. The molecule has 0 N–H and O–H groups in total. The molecule has 0 saturated heterocycles. The number of aromatic nitrogens is 1. The fraction of sp³-hybridized carbons (Fsp3) is 0.174. The number of fused-ring (bicyclic) bond motifs is 1. The van der Waals surface area contributed by atoms with Crippen LogP contribution in [0, 0.1) is 11.3 Å². The van der Waals surface area contributed by atoms with Gasteiger partial charge in [-0.3, -0.25) is 4.79 Å². The van der Waals surface area contributed by atoms with Crippen LogP contribution in [-0.4, -0.2) is 17.9 Å². The first-order valence-corrected chi connectivity index (χ1v) is 9.12. The average Bonchev–Trinajstić information content (AvgIpc) is 2.77. The fourth-order valence-corrected chi connectivity index (χ4v) is 3.16. The number of pyridine rings is 1. The summed E-state index contributed by atoms with van der Waals surface area (Å²) in [5.41, 5.74) is 2.93. The summed E-state index contributed by atoms with van der Waals surface area (Å²) in [7, 11) is 1.55. The molecular formula is C23H18N2O4. The summed E-state index contributed by atoms with van der Waals surface area (Å²) >= 11 is 0. The summed E-state index contributed by atoms with van der Waals surface area (Å²) in [6, 6.07) is 18.1. The summed E-state index contributed by atoms with van der Waals surface area (Å²) in [6.07, 6.45) is 1.49. The van der Waals surface area contributed by atoms with Crippen molar-refractivity contribution in [1.82, 2.24) is 4.98 Å². The van der Waals surface area contributed by atoms with Gasteiger partial charge in [-0.15, -0.1) is 0 Å². The fourth-order valence-electron chi connectivity index (χ4n) is 3.16. The van der Waals surface area contributed by atoms with Crippen molar-refractivity contribution < 1.29 is 19.0 Å². The molecule has 1 aromatic heterocycles. The van der Waals surface area contributed by atoms with Gasteiger partial charge in [0.2, 0.25) is 5.88 Å². The van der Waals surface area contributed by atoms with Gasteiger partial charge in [0.1, 0.15) is 24.2 Å². The van der Waals surface area contributed by atoms with Gasteiger partial charge >= 0.3 is 0 Å². The van der Waals surface area contributed by atoms with Crippen LogP contribution < -0.4 is 14.2 Å². The highest BCUT2D eigenvalue weighted by Gasteiger charge is 2.28. The number of Topliss-reactive ketones (excluding diaryl/α,β-unsaturated/α-hetero) is 1. The molecule has 0 amide bonds. The largest absolute Gasteiger partial charge is 0.489 e. The molecule has 1 aliphatic heterocycles. The summed E-state index contributed by atoms with van der Waals surface area (Å²) in [4.78, 5) is 16.7. The smallest absolute Gasteiger partial charge is 0.213 e. The molecule has 4 rings (SSSR count). The number of carbonyl (C=O) groups is 1. The Labute approximate surface area is 168 Å². The zero-order valence-corrected chi connectivity index (χ0v) is 15.8. The monoisotopic (exact) mass is 386 g/mol. The van der Waals surface area contributed by atoms with Crippen LogP contribution in [0.3, 0.4) is 0 Å². The number of carbonyl (C=O) groups excluding carboxylic acids is 1. The molecule has 0 bridgehead atoms. The Morgan fingerprint density at radius 1 is 1.17 bits per heavy atom. The van der Waals surface area contributed by atoms with Crippen LogP contribution in [0.15, 0.2) is 60.8 Å². The highest BCUT2D eigenvalue weighted by Crippen LogP contribution is 2.37. The number of ketones is 1. The highest BCUT2D eigenvalue weighted by atomic mass is 16.5. The lowest BCUT2D eigenvalue weighted by molar-refractivity contribution is 0.0848. The molecule has 2 heterocycles. The van der Waals surface area contributed by atoms with Gasteiger partial charge in [0.25, 0.3) is 0 Å². The highest BCUT2D eigenvalue weighted by molar-refractivity contribution is 6.00. The molecule has 0 radical (unpaired) electrons. The maximum absolute atomic E-state index is 12.6. The number of methoxy groups -OCH3 is 1. The zero-order valence-electron chi connectivity index (χ0n) is 15.8. The molecular weight excluding hydrogens is 368 g/mol. The minimum Gasteiger partial charge on any atom is -0.489 e. The molecule has 29 heavy (non-hydrogen) atoms. The van der Waals surface area contributed by atoms with Crippen molar-refractivity contribution >= 4 is 5.78 Å². The number of benzene rings is 2. The van der Waals surface area contributed by atoms with E-state index in [0.717, 1.165) is 11.1 Å². The van der Waals surface area contributed by atoms with Crippen LogP contribution in [0.2, 0.25) is 0 Å². The number of rotatable bonds is 5. The lowest BCUT2D eigenvalue weighted by atomic mass is 9.96. The topological polar surface area (TPSA) is 81.4 Å². The van der Waals surface area contributed by atoms with E-state index in [2.05, 4.69) is 11.1 Å². The molecule has 0 saturated carbocycles. The second-order valence-electron chi connectivity index (χ2n) is 6.62. The SMILES string of the molecule is COc1cc(C2CC(=O)c3ccc(OCc4ccc(C#N)cc4)cc3O2)ccn1. The van der Waals surface area contributed by atoms with Crippen molar-refractivity contribution in [3.63, 3.8) is 0 Å². The Bertz CT molecular complexity index is 1090. The molecule has 2 aromatic carbocycles. The van der Waals surface area contributed by atoms with Gasteiger partial charge in [0, 0.05) is 18.3 Å². The van der Waals surface area contributed by atoms with Gasteiger partial charge in [0.05, 0.1) is 30.7 Å². The molecule has 3 aromatic rings. The Morgan fingerprint density at radius 3 is 2.76 bits per heavy atom. The van der Waals surface area contributed by atoms with Gasteiger partial charge in [-0.1, -0.05) is 12.1 Å². The van der Waals surface area contributed by atoms with Crippen LogP contribution in [0.1, 0.15) is 39.6 Å². The van der Waals surface area contributed by atoms with Gasteiger partial charge < -0.3 is 14.2 Å². The van der Waals surface area contributed by atoms with E-state index < -0.39 is 6.10 Å². The van der Waals surface area contributed by atoms with Crippen LogP contribution in [0.25, 0.3) is 0 Å². The van der Waals surface area contributed by atoms with Crippen molar-refractivity contribution in [1.29, 1.82) is 5.26 Å². The van der Waals surface area contributed by atoms with Gasteiger partial charge in [-0.2, -0.15) is 5.26 Å². The maximum atomic E-state index is 12.6. The van der Waals surface area contributed by atoms with Crippen molar-refractivity contribution in [2.45, 2.75) is 19.1 Å². The van der Waals surface area contributed by atoms with Crippen molar-refractivity contribution in [3.05, 3.63) is 83.0 Å². The van der Waals surface area contributed by atoms with E-state index in [0.29, 0.717) is 35.1 Å². The molecule has 6 heteroatoms. The molecule has 144 valence electrons. The molecule has 1 unspecified atom stereocenters. The number of nitrogens with zero attached hydrogens (tertiary/aromatic N) is 2. The lowest BCUT2D eigenvalue weighted by Crippen LogP contribution is -2.20. The third-order valence-electron chi connectivity index (χ3n) is 4.72. The van der Waals surface area contributed by atoms with E-state index >= 15 is 0 Å². The molecule has 1 atom stereocenters. The van der Waals surface area contributed by atoms with Crippen LogP contribution in [0.5, 0.6) is 17.4 Å². The van der Waals surface area contributed by atoms with Crippen LogP contribution >= 0.6 is 0 Å². The van der Waals surface area contributed by atoms with E-state index in [1.54, 1.807) is 49.7 Å². The third-order valence-corrected chi connectivity index (χ3v) is 4.72.